The number of nitrogens with zero attached hydrogens (tertiary/aromatic N) is 1. The highest BCUT2D eigenvalue weighted by Crippen LogP contribution is 1.97. The molecular formula is C8H21NO. The molecule has 0 saturated heterocycles. The van der Waals surface area contributed by atoms with Crippen molar-refractivity contribution in [2.45, 2.75) is 20.8 Å². The Morgan fingerprint density at radius 2 is 1.10 bits per heavy atom. The molecule has 0 amide bonds. The molecule has 0 rings (SSSR count). The standard InChI is InChI=1S/C7H18N.CH3O/c1-5-8(4,6-2)7-3;1-2/h5-7H2,1-4H3;1H3/q+1;-1. The van der Waals surface area contributed by atoms with Crippen LogP contribution in [0.2, 0.25) is 0 Å². The molecule has 0 fully saturated rings. The molecule has 0 aliphatic heterocycles. The van der Waals surface area contributed by atoms with Crippen LogP contribution in [0.1, 0.15) is 20.8 Å². The second-order valence-corrected chi connectivity index (χ2v) is 2.57. The van der Waals surface area contributed by atoms with Gasteiger partial charge < -0.3 is 9.59 Å². The van der Waals surface area contributed by atoms with Crippen LogP contribution in [0.5, 0.6) is 0 Å². The molecule has 0 N–H and O–H groups in total. The van der Waals surface area contributed by atoms with Gasteiger partial charge in [0.15, 0.2) is 0 Å². The lowest BCUT2D eigenvalue weighted by molar-refractivity contribution is -0.904. The van der Waals surface area contributed by atoms with Gasteiger partial charge in [-0.05, 0) is 20.8 Å². The second-order valence-electron chi connectivity index (χ2n) is 2.57. The highest BCUT2D eigenvalue weighted by molar-refractivity contribution is 4.24. The minimum atomic E-state index is 0.750. The first-order valence-electron chi connectivity index (χ1n) is 3.93. The molecule has 0 bridgehead atoms. The summed E-state index contributed by atoms with van der Waals surface area (Å²) in [6.45, 7) is 10.5. The normalized spacial score (nSPS) is 10.2. The largest absolute Gasteiger partial charge is 0.857 e. The van der Waals surface area contributed by atoms with Crippen molar-refractivity contribution >= 4 is 0 Å². The highest BCUT2D eigenvalue weighted by atomic mass is 16.2. The minimum Gasteiger partial charge on any atom is -0.857 e. The van der Waals surface area contributed by atoms with E-state index in [4.69, 9.17) is 5.11 Å². The smallest absolute Gasteiger partial charge is 0.0755 e. The van der Waals surface area contributed by atoms with Crippen LogP contribution >= 0.6 is 0 Å². The van der Waals surface area contributed by atoms with Gasteiger partial charge in [-0.2, -0.15) is 7.11 Å². The predicted octanol–water partition coefficient (Wildman–Crippen LogP) is 0.469. The van der Waals surface area contributed by atoms with Gasteiger partial charge in [-0.15, -0.1) is 0 Å². The van der Waals surface area contributed by atoms with Crippen molar-refractivity contribution in [1.29, 1.82) is 0 Å². The summed E-state index contributed by atoms with van der Waals surface area (Å²) >= 11 is 0. The molecule has 0 aliphatic rings. The molecule has 0 atom stereocenters. The maximum Gasteiger partial charge on any atom is 0.0755 e. The molecule has 0 radical (unpaired) electrons. The molecular weight excluding hydrogens is 126 g/mol. The molecule has 0 spiro atoms. The summed E-state index contributed by atoms with van der Waals surface area (Å²) in [5.41, 5.74) is 0. The molecule has 0 aliphatic carbocycles. The molecule has 0 aromatic rings. The van der Waals surface area contributed by atoms with Gasteiger partial charge in [0.25, 0.3) is 0 Å². The van der Waals surface area contributed by atoms with Gasteiger partial charge in [-0.3, -0.25) is 0 Å². The molecule has 0 aromatic carbocycles. The molecule has 2 nitrogen and oxygen atoms in total. The predicted molar refractivity (Wildman–Crippen MR) is 43.7 cm³/mol. The van der Waals surface area contributed by atoms with Crippen LogP contribution < -0.4 is 5.11 Å². The molecule has 0 aromatic heterocycles. The second kappa shape index (κ2) is 7.03. The first-order chi connectivity index (χ1) is 4.68. The lowest BCUT2D eigenvalue weighted by atomic mass is 10.4. The SMILES string of the molecule is CC[N+](C)(CC)CC.C[O-]. The van der Waals surface area contributed by atoms with Crippen molar-refractivity contribution in [3.8, 4) is 0 Å². The molecule has 64 valence electrons. The average molecular weight is 147 g/mol. The highest BCUT2D eigenvalue weighted by Gasteiger charge is 2.10. The quantitative estimate of drug-likeness (QED) is 0.532. The summed E-state index contributed by atoms with van der Waals surface area (Å²) < 4.78 is 1.21. The number of hydrogen-bond donors (Lipinski definition) is 0. The van der Waals surface area contributed by atoms with E-state index in [0.717, 1.165) is 7.11 Å². The molecule has 0 unspecified atom stereocenters. The minimum absolute atomic E-state index is 0.750. The Balaban J connectivity index is 0. The van der Waals surface area contributed by atoms with Crippen LogP contribution in [-0.2, 0) is 0 Å². The van der Waals surface area contributed by atoms with Gasteiger partial charge in [-0.1, -0.05) is 0 Å². The van der Waals surface area contributed by atoms with E-state index in [-0.39, 0.29) is 0 Å². The van der Waals surface area contributed by atoms with E-state index in [1.165, 1.54) is 24.1 Å². The summed E-state index contributed by atoms with van der Waals surface area (Å²) in [5, 5.41) is 8.25. The molecule has 2 heteroatoms. The van der Waals surface area contributed by atoms with E-state index in [2.05, 4.69) is 27.8 Å². The first kappa shape index (κ1) is 12.6. The third kappa shape index (κ3) is 4.77. The molecule has 0 saturated carbocycles. The van der Waals surface area contributed by atoms with Gasteiger partial charge in [0.1, 0.15) is 0 Å². The fraction of sp³-hybridized carbons (Fsp3) is 1.00. The van der Waals surface area contributed by atoms with Crippen molar-refractivity contribution < 1.29 is 9.59 Å². The number of quaternary nitrogens is 1. The van der Waals surface area contributed by atoms with Crippen molar-refractivity contribution in [2.75, 3.05) is 33.8 Å². The van der Waals surface area contributed by atoms with Crippen LogP contribution in [0.15, 0.2) is 0 Å². The topological polar surface area (TPSA) is 23.1 Å². The van der Waals surface area contributed by atoms with E-state index in [1.807, 2.05) is 0 Å². The summed E-state index contributed by atoms with van der Waals surface area (Å²) in [7, 11) is 3.04. The fourth-order valence-corrected chi connectivity index (χ4v) is 0.671. The maximum atomic E-state index is 8.25. The van der Waals surface area contributed by atoms with E-state index < -0.39 is 0 Å². The Kier molecular flexibility index (Phi) is 8.85. The Bertz CT molecular complexity index is 52.0. The third-order valence-corrected chi connectivity index (χ3v) is 2.29. The maximum absolute atomic E-state index is 8.25. The monoisotopic (exact) mass is 147 g/mol. The van der Waals surface area contributed by atoms with Crippen LogP contribution in [0.3, 0.4) is 0 Å². The molecule has 0 heterocycles. The van der Waals surface area contributed by atoms with E-state index >= 15 is 0 Å². The number of rotatable bonds is 3. The Labute approximate surface area is 65.1 Å². The van der Waals surface area contributed by atoms with E-state index in [9.17, 15) is 0 Å². The average Bonchev–Trinajstić information content (AvgIpc) is 2.07. The van der Waals surface area contributed by atoms with E-state index in [1.54, 1.807) is 0 Å². The van der Waals surface area contributed by atoms with Gasteiger partial charge in [-0.25, -0.2) is 0 Å². The van der Waals surface area contributed by atoms with Gasteiger partial charge in [0.2, 0.25) is 0 Å². The Hall–Kier alpha value is -0.0800. The van der Waals surface area contributed by atoms with Crippen LogP contribution in [0, 0.1) is 0 Å². The number of hydrogen-bond acceptors (Lipinski definition) is 1. The zero-order valence-corrected chi connectivity index (χ0v) is 7.98. The third-order valence-electron chi connectivity index (χ3n) is 2.29. The summed E-state index contributed by atoms with van der Waals surface area (Å²) in [6.07, 6.45) is 0. The summed E-state index contributed by atoms with van der Waals surface area (Å²) in [5.74, 6) is 0. The Morgan fingerprint density at radius 3 is 1.10 bits per heavy atom. The van der Waals surface area contributed by atoms with Crippen molar-refractivity contribution in [2.24, 2.45) is 0 Å². The summed E-state index contributed by atoms with van der Waals surface area (Å²) in [6, 6.07) is 0. The van der Waals surface area contributed by atoms with Gasteiger partial charge >= 0.3 is 0 Å². The zero-order valence-electron chi connectivity index (χ0n) is 7.98. The van der Waals surface area contributed by atoms with Crippen LogP contribution in [0.25, 0.3) is 0 Å². The zero-order chi connectivity index (χ0) is 8.62. The lowest BCUT2D eigenvalue weighted by Gasteiger charge is -2.30. The van der Waals surface area contributed by atoms with Gasteiger partial charge in [0.05, 0.1) is 26.7 Å². The van der Waals surface area contributed by atoms with Crippen LogP contribution in [0.4, 0.5) is 0 Å². The van der Waals surface area contributed by atoms with Crippen molar-refractivity contribution in [3.63, 3.8) is 0 Å². The van der Waals surface area contributed by atoms with Crippen LogP contribution in [-0.4, -0.2) is 38.3 Å². The van der Waals surface area contributed by atoms with Gasteiger partial charge in [0, 0.05) is 0 Å². The van der Waals surface area contributed by atoms with Crippen molar-refractivity contribution in [1.82, 2.24) is 0 Å². The Morgan fingerprint density at radius 1 is 0.900 bits per heavy atom. The molecule has 10 heavy (non-hydrogen) atoms. The van der Waals surface area contributed by atoms with Crippen molar-refractivity contribution in [3.05, 3.63) is 0 Å². The van der Waals surface area contributed by atoms with E-state index in [0.29, 0.717) is 0 Å². The first-order valence-corrected chi connectivity index (χ1v) is 3.93. The summed E-state index contributed by atoms with van der Waals surface area (Å²) in [4.78, 5) is 0. The lowest BCUT2D eigenvalue weighted by Crippen LogP contribution is -2.42. The fourth-order valence-electron chi connectivity index (χ4n) is 0.671.